The highest BCUT2D eigenvalue weighted by Gasteiger charge is 2.28. The number of amides is 1. The van der Waals surface area contributed by atoms with Crippen LogP contribution in [0.3, 0.4) is 0 Å². The van der Waals surface area contributed by atoms with Crippen LogP contribution in [0, 0.1) is 12.8 Å². The number of hydrogen-bond acceptors (Lipinski definition) is 5. The summed E-state index contributed by atoms with van der Waals surface area (Å²) in [5.74, 6) is 0.974. The van der Waals surface area contributed by atoms with E-state index in [1.807, 2.05) is 33.0 Å². The molecule has 2 rings (SSSR count). The van der Waals surface area contributed by atoms with Crippen molar-refractivity contribution < 1.29 is 14.3 Å². The highest BCUT2D eigenvalue weighted by Crippen LogP contribution is 2.17. The van der Waals surface area contributed by atoms with Crippen molar-refractivity contribution in [3.63, 3.8) is 0 Å². The lowest BCUT2D eigenvalue weighted by Crippen LogP contribution is -2.44. The van der Waals surface area contributed by atoms with Gasteiger partial charge in [0.2, 0.25) is 5.91 Å². The number of aromatic nitrogens is 3. The molecule has 0 radical (unpaired) electrons. The third-order valence-electron chi connectivity index (χ3n) is 5.13. The quantitative estimate of drug-likeness (QED) is 0.423. The van der Waals surface area contributed by atoms with Crippen LogP contribution in [0.25, 0.3) is 11.0 Å². The first-order valence-electron chi connectivity index (χ1n) is 10.5. The summed E-state index contributed by atoms with van der Waals surface area (Å²) >= 11 is 0. The maximum atomic E-state index is 12.6. The van der Waals surface area contributed by atoms with Crippen molar-refractivity contribution in [1.29, 1.82) is 0 Å². The lowest BCUT2D eigenvalue weighted by molar-refractivity contribution is -0.154. The predicted molar refractivity (Wildman–Crippen MR) is 113 cm³/mol. The first-order chi connectivity index (χ1) is 13.8. The van der Waals surface area contributed by atoms with Crippen LogP contribution >= 0.6 is 0 Å². The van der Waals surface area contributed by atoms with Gasteiger partial charge in [-0.25, -0.2) is 9.78 Å². The van der Waals surface area contributed by atoms with E-state index in [0.29, 0.717) is 25.4 Å². The van der Waals surface area contributed by atoms with Crippen LogP contribution in [0.4, 0.5) is 0 Å². The third-order valence-corrected chi connectivity index (χ3v) is 5.13. The molecule has 0 fully saturated rings. The van der Waals surface area contributed by atoms with E-state index in [1.165, 1.54) is 0 Å². The van der Waals surface area contributed by atoms with E-state index in [0.717, 1.165) is 42.7 Å². The Morgan fingerprint density at radius 3 is 2.69 bits per heavy atom. The Morgan fingerprint density at radius 1 is 1.24 bits per heavy atom. The molecule has 2 aromatic rings. The highest BCUT2D eigenvalue weighted by atomic mass is 16.5. The highest BCUT2D eigenvalue weighted by molar-refractivity contribution is 5.84. The Kier molecular flexibility index (Phi) is 8.61. The molecule has 7 nitrogen and oxygen atoms in total. The standard InChI is InChI=1S/C22H34N4O3/c1-6-29-22(28)19(14-16(2)3)25(5)21(27)10-8-7-9-13-26-17(4)24-18-11-12-23-15-20(18)26/h11-12,15-16,19H,6-10,13-14H2,1-5H3/t19-/m0/s1. The van der Waals surface area contributed by atoms with Gasteiger partial charge in [0.15, 0.2) is 0 Å². The summed E-state index contributed by atoms with van der Waals surface area (Å²) in [6, 6.07) is 1.42. The predicted octanol–water partition coefficient (Wildman–Crippen LogP) is 3.74. The minimum Gasteiger partial charge on any atom is -0.464 e. The van der Waals surface area contributed by atoms with Gasteiger partial charge in [0, 0.05) is 26.2 Å². The van der Waals surface area contributed by atoms with Crippen LogP contribution in [-0.4, -0.2) is 51.0 Å². The van der Waals surface area contributed by atoms with Crippen molar-refractivity contribution in [3.8, 4) is 0 Å². The summed E-state index contributed by atoms with van der Waals surface area (Å²) < 4.78 is 7.34. The van der Waals surface area contributed by atoms with Crippen molar-refractivity contribution in [2.75, 3.05) is 13.7 Å². The molecule has 29 heavy (non-hydrogen) atoms. The van der Waals surface area contributed by atoms with Gasteiger partial charge >= 0.3 is 5.97 Å². The molecule has 1 atom stereocenters. The number of esters is 1. The van der Waals surface area contributed by atoms with E-state index < -0.39 is 6.04 Å². The molecule has 0 bridgehead atoms. The number of carbonyl (C=O) groups is 2. The van der Waals surface area contributed by atoms with Gasteiger partial charge in [0.05, 0.1) is 23.8 Å². The van der Waals surface area contributed by atoms with Gasteiger partial charge in [-0.1, -0.05) is 20.3 Å². The molecule has 2 heterocycles. The lowest BCUT2D eigenvalue weighted by Gasteiger charge is -2.27. The Morgan fingerprint density at radius 2 is 2.00 bits per heavy atom. The molecule has 0 unspecified atom stereocenters. The van der Waals surface area contributed by atoms with Gasteiger partial charge in [-0.05, 0) is 45.1 Å². The zero-order valence-corrected chi connectivity index (χ0v) is 18.4. The summed E-state index contributed by atoms with van der Waals surface area (Å²) in [4.78, 5) is 35.1. The summed E-state index contributed by atoms with van der Waals surface area (Å²) in [5, 5.41) is 0. The first kappa shape index (κ1) is 22.8. The van der Waals surface area contributed by atoms with Gasteiger partial charge in [0.1, 0.15) is 11.9 Å². The molecule has 160 valence electrons. The normalized spacial score (nSPS) is 12.3. The number of nitrogens with zero attached hydrogens (tertiary/aromatic N) is 4. The molecular formula is C22H34N4O3. The molecule has 7 heteroatoms. The zero-order valence-electron chi connectivity index (χ0n) is 18.4. The summed E-state index contributed by atoms with van der Waals surface area (Å²) in [7, 11) is 1.71. The number of imidazole rings is 1. The molecule has 0 N–H and O–H groups in total. The van der Waals surface area contributed by atoms with Gasteiger partial charge in [0.25, 0.3) is 0 Å². The van der Waals surface area contributed by atoms with Crippen molar-refractivity contribution in [2.45, 2.75) is 72.4 Å². The van der Waals surface area contributed by atoms with Gasteiger partial charge in [-0.2, -0.15) is 0 Å². The Balaban J connectivity index is 1.82. The maximum absolute atomic E-state index is 12.6. The van der Waals surface area contributed by atoms with E-state index in [1.54, 1.807) is 25.1 Å². The van der Waals surface area contributed by atoms with E-state index in [2.05, 4.69) is 14.5 Å². The fourth-order valence-electron chi connectivity index (χ4n) is 3.54. The van der Waals surface area contributed by atoms with Crippen LogP contribution < -0.4 is 0 Å². The zero-order chi connectivity index (χ0) is 21.4. The van der Waals surface area contributed by atoms with Crippen LogP contribution in [0.1, 0.15) is 58.7 Å². The fourth-order valence-corrected chi connectivity index (χ4v) is 3.54. The molecule has 2 aromatic heterocycles. The number of carbonyl (C=O) groups excluding carboxylic acids is 2. The average molecular weight is 403 g/mol. The monoisotopic (exact) mass is 402 g/mol. The molecule has 0 saturated heterocycles. The molecule has 0 aliphatic carbocycles. The maximum Gasteiger partial charge on any atom is 0.328 e. The summed E-state index contributed by atoms with van der Waals surface area (Å²) in [5.41, 5.74) is 2.01. The fraction of sp³-hybridized carbons (Fsp3) is 0.636. The number of ether oxygens (including phenoxy) is 1. The van der Waals surface area contributed by atoms with Crippen LogP contribution in [0.5, 0.6) is 0 Å². The van der Waals surface area contributed by atoms with Crippen molar-refractivity contribution in [2.24, 2.45) is 5.92 Å². The third kappa shape index (κ3) is 6.27. The minimum atomic E-state index is -0.505. The van der Waals surface area contributed by atoms with Crippen molar-refractivity contribution >= 4 is 22.9 Å². The van der Waals surface area contributed by atoms with E-state index in [-0.39, 0.29) is 11.9 Å². The minimum absolute atomic E-state index is 0.00263. The van der Waals surface area contributed by atoms with Crippen LogP contribution in [-0.2, 0) is 20.9 Å². The van der Waals surface area contributed by atoms with Gasteiger partial charge in [-0.15, -0.1) is 0 Å². The molecular weight excluding hydrogens is 368 g/mol. The Hall–Kier alpha value is -2.44. The van der Waals surface area contributed by atoms with Crippen LogP contribution in [0.2, 0.25) is 0 Å². The molecule has 0 aliphatic rings. The Labute approximate surface area is 173 Å². The average Bonchev–Trinajstić information content (AvgIpc) is 3.00. The molecule has 1 amide bonds. The number of fused-ring (bicyclic) bond motifs is 1. The molecule has 0 saturated carbocycles. The molecule has 0 aromatic carbocycles. The van der Waals surface area contributed by atoms with Gasteiger partial charge < -0.3 is 14.2 Å². The molecule has 0 aliphatic heterocycles. The topological polar surface area (TPSA) is 77.3 Å². The summed E-state index contributed by atoms with van der Waals surface area (Å²) in [6.07, 6.45) is 7.35. The number of likely N-dealkylation sites (N-methyl/N-ethyl adjacent to an activating group) is 1. The number of aryl methyl sites for hydroxylation is 2. The summed E-state index contributed by atoms with van der Waals surface area (Å²) in [6.45, 7) is 9.06. The second kappa shape index (κ2) is 10.9. The number of rotatable bonds is 11. The number of pyridine rings is 1. The largest absolute Gasteiger partial charge is 0.464 e. The SMILES string of the molecule is CCOC(=O)[C@H](CC(C)C)N(C)C(=O)CCCCCn1c(C)nc2ccncc21. The number of unbranched alkanes of at least 4 members (excludes halogenated alkanes) is 2. The molecule has 0 spiro atoms. The lowest BCUT2D eigenvalue weighted by atomic mass is 10.0. The Bertz CT molecular complexity index is 815. The smallest absolute Gasteiger partial charge is 0.328 e. The van der Waals surface area contributed by atoms with Crippen LogP contribution in [0.15, 0.2) is 18.5 Å². The van der Waals surface area contributed by atoms with Gasteiger partial charge in [-0.3, -0.25) is 9.78 Å². The first-order valence-corrected chi connectivity index (χ1v) is 10.5. The van der Waals surface area contributed by atoms with Crippen molar-refractivity contribution in [1.82, 2.24) is 19.4 Å². The van der Waals surface area contributed by atoms with E-state index >= 15 is 0 Å². The van der Waals surface area contributed by atoms with E-state index in [4.69, 9.17) is 4.74 Å². The second-order valence-electron chi connectivity index (χ2n) is 7.89. The number of hydrogen-bond donors (Lipinski definition) is 0. The second-order valence-corrected chi connectivity index (χ2v) is 7.89. The van der Waals surface area contributed by atoms with Crippen molar-refractivity contribution in [3.05, 3.63) is 24.3 Å². The van der Waals surface area contributed by atoms with E-state index in [9.17, 15) is 9.59 Å².